The molecule has 2 aromatic carbocycles. The number of non-ortho nitro benzene ring substituents is 1. The van der Waals surface area contributed by atoms with E-state index in [-0.39, 0.29) is 27.8 Å². The maximum atomic E-state index is 12.6. The van der Waals surface area contributed by atoms with Crippen LogP contribution >= 0.6 is 11.6 Å². The third kappa shape index (κ3) is 4.46. The van der Waals surface area contributed by atoms with Gasteiger partial charge in [-0.05, 0) is 19.1 Å². The molecule has 0 aliphatic heterocycles. The van der Waals surface area contributed by atoms with E-state index in [2.05, 4.69) is 10.4 Å². The fourth-order valence-electron chi connectivity index (χ4n) is 2.67. The Morgan fingerprint density at radius 3 is 2.66 bits per heavy atom. The van der Waals surface area contributed by atoms with E-state index < -0.39 is 10.8 Å². The van der Waals surface area contributed by atoms with Crippen LogP contribution in [0.3, 0.4) is 0 Å². The molecule has 1 N–H and O–H groups in total. The van der Waals surface area contributed by atoms with Gasteiger partial charge in [0.1, 0.15) is 11.4 Å². The van der Waals surface area contributed by atoms with Gasteiger partial charge in [0.05, 0.1) is 35.0 Å². The number of carbonyl (C=O) groups excluding carboxylic acids is 1. The molecule has 3 rings (SSSR count). The van der Waals surface area contributed by atoms with Crippen LogP contribution in [0.4, 0.5) is 11.4 Å². The molecule has 1 heterocycles. The number of amides is 1. The molecule has 0 aliphatic carbocycles. The summed E-state index contributed by atoms with van der Waals surface area (Å²) in [7, 11) is 1.49. The van der Waals surface area contributed by atoms with E-state index in [9.17, 15) is 14.9 Å². The van der Waals surface area contributed by atoms with Crippen molar-refractivity contribution in [2.75, 3.05) is 12.4 Å². The number of hydrogen-bond donors (Lipinski definition) is 1. The molecule has 0 radical (unpaired) electrons. The van der Waals surface area contributed by atoms with E-state index in [1.54, 1.807) is 24.3 Å². The number of methoxy groups -OCH3 is 1. The molecule has 0 bridgehead atoms. The topological polar surface area (TPSA) is 109 Å². The largest absolute Gasteiger partial charge is 0.493 e. The van der Waals surface area contributed by atoms with Gasteiger partial charge in [0.25, 0.3) is 11.6 Å². The van der Waals surface area contributed by atoms with Crippen LogP contribution in [0.15, 0.2) is 48.7 Å². The highest BCUT2D eigenvalue weighted by atomic mass is 35.5. The molecule has 0 atom stereocenters. The van der Waals surface area contributed by atoms with Crippen molar-refractivity contribution >= 4 is 28.9 Å². The summed E-state index contributed by atoms with van der Waals surface area (Å²) in [5.74, 6) is 0.454. The average molecular weight is 417 g/mol. The van der Waals surface area contributed by atoms with Crippen molar-refractivity contribution in [3.8, 4) is 17.2 Å². The van der Waals surface area contributed by atoms with Crippen molar-refractivity contribution in [1.82, 2.24) is 9.78 Å². The van der Waals surface area contributed by atoms with Crippen molar-refractivity contribution in [1.29, 1.82) is 0 Å². The number of ether oxygens (including phenoxy) is 2. The normalized spacial score (nSPS) is 10.4. The summed E-state index contributed by atoms with van der Waals surface area (Å²) in [5, 5.41) is 18.1. The number of para-hydroxylation sites is 2. The first-order valence-electron chi connectivity index (χ1n) is 8.56. The zero-order chi connectivity index (χ0) is 21.0. The van der Waals surface area contributed by atoms with Crippen LogP contribution < -0.4 is 14.8 Å². The number of benzene rings is 2. The highest BCUT2D eigenvalue weighted by Gasteiger charge is 2.19. The van der Waals surface area contributed by atoms with E-state index in [0.717, 1.165) is 0 Å². The van der Waals surface area contributed by atoms with E-state index in [1.165, 1.54) is 36.2 Å². The quantitative estimate of drug-likeness (QED) is 0.448. The molecule has 150 valence electrons. The Morgan fingerprint density at radius 1 is 1.28 bits per heavy atom. The van der Waals surface area contributed by atoms with Gasteiger partial charge in [-0.2, -0.15) is 5.10 Å². The molecule has 0 unspecified atom stereocenters. The second-order valence-electron chi connectivity index (χ2n) is 5.84. The SMILES string of the molecule is CCn1ncc(Cl)c1C(=O)Nc1cc(Oc2ccccc2OC)cc([N+](=O)[O-])c1. The van der Waals surface area contributed by atoms with Crippen LogP contribution in [-0.2, 0) is 6.54 Å². The minimum atomic E-state index is -0.575. The minimum absolute atomic E-state index is 0.160. The molecule has 0 saturated carbocycles. The molecule has 0 fully saturated rings. The Hall–Kier alpha value is -3.59. The summed E-state index contributed by atoms with van der Waals surface area (Å²) in [4.78, 5) is 23.4. The van der Waals surface area contributed by atoms with Crippen molar-refractivity contribution in [3.63, 3.8) is 0 Å². The number of rotatable bonds is 7. The summed E-state index contributed by atoms with van der Waals surface area (Å²) >= 11 is 6.05. The number of aromatic nitrogens is 2. The zero-order valence-electron chi connectivity index (χ0n) is 15.6. The third-order valence-electron chi connectivity index (χ3n) is 3.97. The third-order valence-corrected chi connectivity index (χ3v) is 4.24. The van der Waals surface area contributed by atoms with Crippen LogP contribution in [0.2, 0.25) is 5.02 Å². The second kappa shape index (κ2) is 8.61. The lowest BCUT2D eigenvalue weighted by Crippen LogP contribution is -2.18. The lowest BCUT2D eigenvalue weighted by molar-refractivity contribution is -0.384. The lowest BCUT2D eigenvalue weighted by atomic mass is 10.2. The molecular formula is C19H17ClN4O5. The summed E-state index contributed by atoms with van der Waals surface area (Å²) in [5.41, 5.74) is 0.0877. The minimum Gasteiger partial charge on any atom is -0.493 e. The van der Waals surface area contributed by atoms with Crippen molar-refractivity contribution in [2.45, 2.75) is 13.5 Å². The van der Waals surface area contributed by atoms with E-state index >= 15 is 0 Å². The van der Waals surface area contributed by atoms with Crippen molar-refractivity contribution < 1.29 is 19.2 Å². The second-order valence-corrected chi connectivity index (χ2v) is 6.24. The molecule has 9 nitrogen and oxygen atoms in total. The number of nitro benzene ring substituents is 1. The Balaban J connectivity index is 1.94. The number of carbonyl (C=O) groups is 1. The molecule has 3 aromatic rings. The monoisotopic (exact) mass is 416 g/mol. The van der Waals surface area contributed by atoms with Gasteiger partial charge >= 0.3 is 0 Å². The van der Waals surface area contributed by atoms with Gasteiger partial charge in [-0.25, -0.2) is 0 Å². The van der Waals surface area contributed by atoms with Crippen LogP contribution in [0.5, 0.6) is 17.2 Å². The number of hydrogen-bond acceptors (Lipinski definition) is 6. The highest BCUT2D eigenvalue weighted by Crippen LogP contribution is 2.34. The van der Waals surface area contributed by atoms with Gasteiger partial charge in [-0.3, -0.25) is 19.6 Å². The van der Waals surface area contributed by atoms with Crippen LogP contribution in [0.1, 0.15) is 17.4 Å². The standard InChI is InChI=1S/C19H17ClN4O5/c1-3-23-18(15(20)11-21-23)19(25)22-12-8-13(24(26)27)10-14(9-12)29-17-7-5-4-6-16(17)28-2/h4-11H,3H2,1-2H3,(H,22,25). The van der Waals surface area contributed by atoms with Gasteiger partial charge in [0, 0.05) is 18.7 Å². The van der Waals surface area contributed by atoms with Gasteiger partial charge in [0.2, 0.25) is 0 Å². The number of nitrogens with one attached hydrogen (secondary N) is 1. The Bertz CT molecular complexity index is 1070. The fourth-order valence-corrected chi connectivity index (χ4v) is 2.90. The summed E-state index contributed by atoms with van der Waals surface area (Å²) < 4.78 is 12.4. The fraction of sp³-hybridized carbons (Fsp3) is 0.158. The summed E-state index contributed by atoms with van der Waals surface area (Å²) in [6, 6.07) is 10.8. The molecule has 29 heavy (non-hydrogen) atoms. The van der Waals surface area contributed by atoms with Crippen molar-refractivity contribution in [2.24, 2.45) is 0 Å². The van der Waals surface area contributed by atoms with E-state index in [1.807, 2.05) is 6.92 Å². The Labute approximate surface area is 171 Å². The van der Waals surface area contributed by atoms with Crippen LogP contribution in [0, 0.1) is 10.1 Å². The summed E-state index contributed by atoms with van der Waals surface area (Å²) in [6.07, 6.45) is 1.36. The predicted octanol–water partition coefficient (Wildman–Crippen LogP) is 4.52. The van der Waals surface area contributed by atoms with Gasteiger partial charge in [-0.1, -0.05) is 23.7 Å². The lowest BCUT2D eigenvalue weighted by Gasteiger charge is -2.12. The molecular weight excluding hydrogens is 400 g/mol. The maximum absolute atomic E-state index is 12.6. The van der Waals surface area contributed by atoms with Gasteiger partial charge < -0.3 is 14.8 Å². The number of nitrogens with zero attached hydrogens (tertiary/aromatic N) is 3. The molecule has 0 aliphatic rings. The predicted molar refractivity (Wildman–Crippen MR) is 107 cm³/mol. The molecule has 10 heteroatoms. The maximum Gasteiger partial charge on any atom is 0.275 e. The number of anilines is 1. The Morgan fingerprint density at radius 2 is 2.00 bits per heavy atom. The van der Waals surface area contributed by atoms with Gasteiger partial charge in [0.15, 0.2) is 11.5 Å². The molecule has 1 amide bonds. The number of nitro groups is 1. The first kappa shape index (κ1) is 20.2. The average Bonchev–Trinajstić information content (AvgIpc) is 3.08. The zero-order valence-corrected chi connectivity index (χ0v) is 16.3. The number of aryl methyl sites for hydroxylation is 1. The Kier molecular flexibility index (Phi) is 5.99. The molecule has 1 aromatic heterocycles. The van der Waals surface area contributed by atoms with E-state index in [0.29, 0.717) is 18.0 Å². The molecule has 0 spiro atoms. The summed E-state index contributed by atoms with van der Waals surface area (Å²) in [6.45, 7) is 2.25. The van der Waals surface area contributed by atoms with Crippen molar-refractivity contribution in [3.05, 3.63) is 69.5 Å². The molecule has 0 saturated heterocycles. The first-order chi connectivity index (χ1) is 13.9. The van der Waals surface area contributed by atoms with Crippen LogP contribution in [-0.4, -0.2) is 27.7 Å². The van der Waals surface area contributed by atoms with Gasteiger partial charge in [-0.15, -0.1) is 0 Å². The van der Waals surface area contributed by atoms with E-state index in [4.69, 9.17) is 21.1 Å². The van der Waals surface area contributed by atoms with Crippen LogP contribution in [0.25, 0.3) is 0 Å². The number of halogens is 1. The smallest absolute Gasteiger partial charge is 0.275 e. The highest BCUT2D eigenvalue weighted by molar-refractivity contribution is 6.34. The first-order valence-corrected chi connectivity index (χ1v) is 8.93.